The van der Waals surface area contributed by atoms with Gasteiger partial charge in [0, 0.05) is 5.38 Å². The lowest BCUT2D eigenvalue weighted by Gasteiger charge is -2.01. The molecule has 1 amide bonds. The normalized spacial score (nSPS) is 10.7. The van der Waals surface area contributed by atoms with Crippen molar-refractivity contribution in [1.29, 1.82) is 0 Å². The number of aromatic amines is 1. The first-order valence-electron chi connectivity index (χ1n) is 6.00. The smallest absolute Gasteiger partial charge is 0.230 e. The van der Waals surface area contributed by atoms with E-state index < -0.39 is 0 Å². The van der Waals surface area contributed by atoms with Crippen molar-refractivity contribution in [3.05, 3.63) is 41.4 Å². The zero-order valence-electron chi connectivity index (χ0n) is 10.7. The van der Waals surface area contributed by atoms with Crippen LogP contribution in [0.2, 0.25) is 0 Å². The van der Waals surface area contributed by atoms with Gasteiger partial charge in [-0.05, 0) is 19.1 Å². The molecule has 0 fully saturated rings. The summed E-state index contributed by atoms with van der Waals surface area (Å²) in [5.41, 5.74) is 2.24. The van der Waals surface area contributed by atoms with E-state index in [1.54, 1.807) is 12.5 Å². The molecule has 0 radical (unpaired) electrons. The Labute approximate surface area is 118 Å². The van der Waals surface area contributed by atoms with E-state index in [0.29, 0.717) is 11.4 Å². The minimum atomic E-state index is -0.120. The van der Waals surface area contributed by atoms with Gasteiger partial charge < -0.3 is 9.73 Å². The highest BCUT2D eigenvalue weighted by atomic mass is 32.1. The van der Waals surface area contributed by atoms with E-state index in [1.165, 1.54) is 11.3 Å². The summed E-state index contributed by atoms with van der Waals surface area (Å²) in [6, 6.07) is 3.66. The zero-order valence-corrected chi connectivity index (χ0v) is 11.5. The zero-order chi connectivity index (χ0) is 13.9. The van der Waals surface area contributed by atoms with Crippen LogP contribution in [0.15, 0.2) is 34.4 Å². The first kappa shape index (κ1) is 12.6. The van der Waals surface area contributed by atoms with E-state index in [2.05, 4.69) is 20.5 Å². The number of hydrogen-bond acceptors (Lipinski definition) is 5. The fraction of sp³-hybridized carbons (Fsp3) is 0.154. The van der Waals surface area contributed by atoms with Crippen LogP contribution >= 0.6 is 11.3 Å². The lowest BCUT2D eigenvalue weighted by molar-refractivity contribution is -0.115. The molecule has 3 aromatic heterocycles. The third kappa shape index (κ3) is 2.62. The second-order valence-electron chi connectivity index (χ2n) is 4.25. The first-order chi connectivity index (χ1) is 9.72. The van der Waals surface area contributed by atoms with Crippen molar-refractivity contribution in [3.8, 4) is 10.8 Å². The fourth-order valence-corrected chi connectivity index (χ4v) is 2.52. The second-order valence-corrected chi connectivity index (χ2v) is 5.11. The van der Waals surface area contributed by atoms with Crippen molar-refractivity contribution in [2.75, 3.05) is 5.32 Å². The van der Waals surface area contributed by atoms with E-state index in [9.17, 15) is 4.79 Å². The van der Waals surface area contributed by atoms with Gasteiger partial charge in [-0.2, -0.15) is 5.10 Å². The Hall–Kier alpha value is -2.41. The molecule has 3 heterocycles. The van der Waals surface area contributed by atoms with Gasteiger partial charge in [0.15, 0.2) is 10.8 Å². The summed E-state index contributed by atoms with van der Waals surface area (Å²) >= 11 is 1.46. The lowest BCUT2D eigenvalue weighted by atomic mass is 10.3. The van der Waals surface area contributed by atoms with Crippen molar-refractivity contribution in [1.82, 2.24) is 15.2 Å². The number of aryl methyl sites for hydroxylation is 1. The molecule has 0 bridgehead atoms. The Morgan fingerprint density at radius 3 is 3.15 bits per heavy atom. The maximum atomic E-state index is 11.9. The monoisotopic (exact) mass is 288 g/mol. The van der Waals surface area contributed by atoms with Gasteiger partial charge in [-0.25, -0.2) is 4.98 Å². The molecule has 0 aliphatic rings. The molecule has 0 aliphatic carbocycles. The number of nitrogens with zero attached hydrogens (tertiary/aromatic N) is 2. The van der Waals surface area contributed by atoms with Gasteiger partial charge in [-0.1, -0.05) is 0 Å². The van der Waals surface area contributed by atoms with Crippen LogP contribution in [0.4, 0.5) is 5.69 Å². The number of aromatic nitrogens is 3. The van der Waals surface area contributed by atoms with Crippen LogP contribution in [-0.4, -0.2) is 21.1 Å². The molecule has 3 rings (SSSR count). The topological polar surface area (TPSA) is 83.8 Å². The van der Waals surface area contributed by atoms with Gasteiger partial charge in [0.1, 0.15) is 0 Å². The maximum absolute atomic E-state index is 11.9. The molecule has 6 nitrogen and oxygen atoms in total. The first-order valence-corrected chi connectivity index (χ1v) is 6.88. The highest BCUT2D eigenvalue weighted by molar-refractivity contribution is 7.13. The number of rotatable bonds is 4. The summed E-state index contributed by atoms with van der Waals surface area (Å²) in [6.07, 6.45) is 3.41. The van der Waals surface area contributed by atoms with Gasteiger partial charge >= 0.3 is 0 Å². The Morgan fingerprint density at radius 2 is 2.45 bits per heavy atom. The van der Waals surface area contributed by atoms with Gasteiger partial charge in [-0.3, -0.25) is 9.89 Å². The van der Waals surface area contributed by atoms with E-state index in [1.807, 2.05) is 24.4 Å². The second kappa shape index (κ2) is 5.30. The quantitative estimate of drug-likeness (QED) is 0.773. The molecule has 7 heteroatoms. The predicted molar refractivity (Wildman–Crippen MR) is 75.5 cm³/mol. The van der Waals surface area contributed by atoms with E-state index >= 15 is 0 Å². The van der Waals surface area contributed by atoms with Crippen LogP contribution in [0.3, 0.4) is 0 Å². The van der Waals surface area contributed by atoms with Crippen LogP contribution < -0.4 is 5.32 Å². The lowest BCUT2D eigenvalue weighted by Crippen LogP contribution is -2.14. The SMILES string of the molecule is Cc1[nH]ncc1NC(=O)Cc1csc(-c2ccco2)n1. The van der Waals surface area contributed by atoms with Crippen LogP contribution in [0.25, 0.3) is 10.8 Å². The van der Waals surface area contributed by atoms with Crippen molar-refractivity contribution in [2.24, 2.45) is 0 Å². The van der Waals surface area contributed by atoms with E-state index in [-0.39, 0.29) is 12.3 Å². The van der Waals surface area contributed by atoms with E-state index in [0.717, 1.165) is 16.4 Å². The number of thiazole rings is 1. The Balaban J connectivity index is 1.66. The molecule has 0 saturated heterocycles. The van der Waals surface area contributed by atoms with Crippen molar-refractivity contribution >= 4 is 22.9 Å². The highest BCUT2D eigenvalue weighted by Gasteiger charge is 2.11. The number of H-pyrrole nitrogens is 1. The predicted octanol–water partition coefficient (Wildman–Crippen LogP) is 2.62. The molecule has 102 valence electrons. The Morgan fingerprint density at radius 1 is 1.55 bits per heavy atom. The summed E-state index contributed by atoms with van der Waals surface area (Å²) in [5, 5.41) is 12.1. The number of carbonyl (C=O) groups is 1. The van der Waals surface area contributed by atoms with E-state index in [4.69, 9.17) is 4.42 Å². The van der Waals surface area contributed by atoms with Crippen molar-refractivity contribution in [3.63, 3.8) is 0 Å². The van der Waals surface area contributed by atoms with Gasteiger partial charge in [0.05, 0.1) is 36.0 Å². The third-order valence-electron chi connectivity index (χ3n) is 2.73. The van der Waals surface area contributed by atoms with Crippen LogP contribution in [0, 0.1) is 6.92 Å². The molecule has 0 atom stereocenters. The number of amides is 1. The number of hydrogen-bond donors (Lipinski definition) is 2. The highest BCUT2D eigenvalue weighted by Crippen LogP contribution is 2.24. The minimum absolute atomic E-state index is 0.120. The van der Waals surface area contributed by atoms with Crippen molar-refractivity contribution < 1.29 is 9.21 Å². The molecule has 20 heavy (non-hydrogen) atoms. The summed E-state index contributed by atoms with van der Waals surface area (Å²) in [4.78, 5) is 16.3. The summed E-state index contributed by atoms with van der Waals surface area (Å²) in [6.45, 7) is 1.85. The molecule has 0 saturated carbocycles. The number of furan rings is 1. The van der Waals surface area contributed by atoms with Crippen molar-refractivity contribution in [2.45, 2.75) is 13.3 Å². The van der Waals surface area contributed by atoms with Gasteiger partial charge in [0.2, 0.25) is 5.91 Å². The average Bonchev–Trinajstić information content (AvgIpc) is 3.12. The molecule has 0 spiro atoms. The molecule has 0 aromatic carbocycles. The molecule has 0 aliphatic heterocycles. The van der Waals surface area contributed by atoms with Gasteiger partial charge in [-0.15, -0.1) is 11.3 Å². The largest absolute Gasteiger partial charge is 0.462 e. The maximum Gasteiger partial charge on any atom is 0.230 e. The Kier molecular flexibility index (Phi) is 3.34. The minimum Gasteiger partial charge on any atom is -0.462 e. The Bertz CT molecular complexity index is 714. The third-order valence-corrected chi connectivity index (χ3v) is 3.64. The van der Waals surface area contributed by atoms with Crippen LogP contribution in [0.5, 0.6) is 0 Å². The molecule has 0 unspecified atom stereocenters. The average molecular weight is 288 g/mol. The summed E-state index contributed by atoms with van der Waals surface area (Å²) < 4.78 is 5.27. The number of carbonyl (C=O) groups excluding carboxylic acids is 1. The summed E-state index contributed by atoms with van der Waals surface area (Å²) in [5.74, 6) is 0.595. The summed E-state index contributed by atoms with van der Waals surface area (Å²) in [7, 11) is 0. The van der Waals surface area contributed by atoms with Gasteiger partial charge in [0.25, 0.3) is 0 Å². The van der Waals surface area contributed by atoms with Crippen LogP contribution in [-0.2, 0) is 11.2 Å². The molecular formula is C13H12N4O2S. The standard InChI is InChI=1S/C13H12N4O2S/c1-8-10(6-14-17-8)16-12(18)5-9-7-20-13(15-9)11-3-2-4-19-11/h2-4,6-7H,5H2,1H3,(H,14,17)(H,16,18). The number of anilines is 1. The molecule has 2 N–H and O–H groups in total. The molecule has 3 aromatic rings. The number of nitrogens with one attached hydrogen (secondary N) is 2. The molecular weight excluding hydrogens is 276 g/mol. The fourth-order valence-electron chi connectivity index (χ4n) is 1.74. The van der Waals surface area contributed by atoms with Crippen LogP contribution in [0.1, 0.15) is 11.4 Å².